The molecule has 6 nitrogen and oxygen atoms in total. The monoisotopic (exact) mass is 373 g/mol. The minimum absolute atomic E-state index is 0.0115. The third kappa shape index (κ3) is 5.01. The molecule has 3 rings (SSSR count). The first-order valence-electron chi connectivity index (χ1n) is 10.0. The maximum Gasteiger partial charge on any atom is 0.260 e. The zero-order valence-electron chi connectivity index (χ0n) is 16.2. The largest absolute Gasteiger partial charge is 0.484 e. The third-order valence-electron chi connectivity index (χ3n) is 5.76. The molecule has 2 fully saturated rings. The third-order valence-corrected chi connectivity index (χ3v) is 5.76. The molecular weight excluding hydrogens is 342 g/mol. The topological polar surface area (TPSA) is 75.9 Å². The van der Waals surface area contributed by atoms with E-state index in [0.717, 1.165) is 32.2 Å². The van der Waals surface area contributed by atoms with Crippen molar-refractivity contribution in [1.82, 2.24) is 9.80 Å². The Kier molecular flexibility index (Phi) is 6.72. The van der Waals surface area contributed by atoms with E-state index in [1.165, 1.54) is 0 Å². The number of piperidine rings is 2. The van der Waals surface area contributed by atoms with Crippen molar-refractivity contribution in [3.63, 3.8) is 0 Å². The number of para-hydroxylation sites is 1. The highest BCUT2D eigenvalue weighted by Crippen LogP contribution is 2.26. The van der Waals surface area contributed by atoms with Crippen LogP contribution in [0.2, 0.25) is 0 Å². The first-order chi connectivity index (χ1) is 13.1. The molecule has 2 N–H and O–H groups in total. The number of benzene rings is 1. The van der Waals surface area contributed by atoms with E-state index in [0.29, 0.717) is 31.3 Å². The summed E-state index contributed by atoms with van der Waals surface area (Å²) in [5.74, 6) is 1.28. The van der Waals surface area contributed by atoms with E-state index >= 15 is 0 Å². The number of nitrogens with zero attached hydrogens (tertiary/aromatic N) is 2. The van der Waals surface area contributed by atoms with Crippen molar-refractivity contribution in [3.05, 3.63) is 30.3 Å². The molecule has 2 aliphatic rings. The smallest absolute Gasteiger partial charge is 0.260 e. The van der Waals surface area contributed by atoms with Gasteiger partial charge in [0.2, 0.25) is 5.91 Å². The van der Waals surface area contributed by atoms with Gasteiger partial charge in [0.05, 0.1) is 5.92 Å². The van der Waals surface area contributed by atoms with Crippen LogP contribution >= 0.6 is 0 Å². The van der Waals surface area contributed by atoms with E-state index in [9.17, 15) is 9.59 Å². The van der Waals surface area contributed by atoms with Crippen molar-refractivity contribution in [3.8, 4) is 5.75 Å². The Morgan fingerprint density at radius 1 is 1.19 bits per heavy atom. The average Bonchev–Trinajstić information content (AvgIpc) is 2.72. The van der Waals surface area contributed by atoms with Gasteiger partial charge in [-0.25, -0.2) is 0 Å². The molecule has 6 heteroatoms. The fourth-order valence-corrected chi connectivity index (χ4v) is 4.16. The van der Waals surface area contributed by atoms with E-state index in [2.05, 4.69) is 6.92 Å². The number of hydrogen-bond acceptors (Lipinski definition) is 4. The van der Waals surface area contributed by atoms with E-state index in [4.69, 9.17) is 10.5 Å². The molecule has 0 aliphatic carbocycles. The van der Waals surface area contributed by atoms with Crippen LogP contribution in [-0.2, 0) is 9.59 Å². The summed E-state index contributed by atoms with van der Waals surface area (Å²) in [6.07, 6.45) is 3.70. The molecule has 3 atom stereocenters. The van der Waals surface area contributed by atoms with Gasteiger partial charge in [-0.2, -0.15) is 0 Å². The molecule has 2 saturated heterocycles. The molecule has 0 bridgehead atoms. The predicted octanol–water partition coefficient (Wildman–Crippen LogP) is 1.89. The van der Waals surface area contributed by atoms with Crippen molar-refractivity contribution in [2.45, 2.75) is 38.6 Å². The van der Waals surface area contributed by atoms with E-state index < -0.39 is 0 Å². The number of likely N-dealkylation sites (tertiary alicyclic amines) is 2. The number of amides is 2. The zero-order valence-corrected chi connectivity index (χ0v) is 16.2. The number of hydrogen-bond donors (Lipinski definition) is 1. The SMILES string of the molecule is CC1CCN(C(=O)C2CCCN(C(=O)COc3ccccc3)C2)C(CN)C1. The van der Waals surface area contributed by atoms with Crippen molar-refractivity contribution < 1.29 is 14.3 Å². The predicted molar refractivity (Wildman–Crippen MR) is 104 cm³/mol. The first kappa shape index (κ1) is 19.7. The highest BCUT2D eigenvalue weighted by atomic mass is 16.5. The lowest BCUT2D eigenvalue weighted by molar-refractivity contribution is -0.144. The number of carbonyl (C=O) groups is 2. The maximum atomic E-state index is 13.1. The van der Waals surface area contributed by atoms with E-state index in [1.54, 1.807) is 4.90 Å². The molecule has 2 aliphatic heterocycles. The Bertz CT molecular complexity index is 637. The van der Waals surface area contributed by atoms with Crippen molar-refractivity contribution >= 4 is 11.8 Å². The Morgan fingerprint density at radius 3 is 2.70 bits per heavy atom. The normalized spacial score (nSPS) is 25.9. The van der Waals surface area contributed by atoms with Crippen LogP contribution in [0.15, 0.2) is 30.3 Å². The van der Waals surface area contributed by atoms with Gasteiger partial charge < -0.3 is 20.3 Å². The summed E-state index contributed by atoms with van der Waals surface area (Å²) >= 11 is 0. The lowest BCUT2D eigenvalue weighted by atomic mass is 9.89. The number of ether oxygens (including phenoxy) is 1. The van der Waals surface area contributed by atoms with E-state index in [-0.39, 0.29) is 30.4 Å². The Morgan fingerprint density at radius 2 is 1.96 bits per heavy atom. The van der Waals surface area contributed by atoms with Gasteiger partial charge in [0, 0.05) is 32.2 Å². The lowest BCUT2D eigenvalue weighted by Crippen LogP contribution is -2.54. The number of carbonyl (C=O) groups excluding carboxylic acids is 2. The van der Waals surface area contributed by atoms with Crippen LogP contribution < -0.4 is 10.5 Å². The molecule has 0 aromatic heterocycles. The maximum absolute atomic E-state index is 13.1. The van der Waals surface area contributed by atoms with Crippen LogP contribution in [0.3, 0.4) is 0 Å². The molecule has 1 aromatic rings. The van der Waals surface area contributed by atoms with E-state index in [1.807, 2.05) is 35.2 Å². The van der Waals surface area contributed by atoms with Gasteiger partial charge in [-0.1, -0.05) is 25.1 Å². The van der Waals surface area contributed by atoms with Gasteiger partial charge in [0.1, 0.15) is 5.75 Å². The summed E-state index contributed by atoms with van der Waals surface area (Å²) in [4.78, 5) is 29.4. The van der Waals surface area contributed by atoms with Crippen molar-refractivity contribution in [1.29, 1.82) is 0 Å². The minimum atomic E-state index is -0.123. The molecule has 0 spiro atoms. The number of rotatable bonds is 5. The first-order valence-corrected chi connectivity index (χ1v) is 10.0. The Hall–Kier alpha value is -2.08. The highest BCUT2D eigenvalue weighted by molar-refractivity contribution is 5.82. The second-order valence-electron chi connectivity index (χ2n) is 7.83. The van der Waals surface area contributed by atoms with Crippen LogP contribution in [0.5, 0.6) is 5.75 Å². The van der Waals surface area contributed by atoms with Gasteiger partial charge in [-0.15, -0.1) is 0 Å². The Balaban J connectivity index is 1.55. The molecule has 2 heterocycles. The molecule has 3 unspecified atom stereocenters. The minimum Gasteiger partial charge on any atom is -0.484 e. The van der Waals surface area contributed by atoms with Gasteiger partial charge in [-0.05, 0) is 43.7 Å². The van der Waals surface area contributed by atoms with Crippen LogP contribution in [-0.4, -0.2) is 60.4 Å². The number of nitrogens with two attached hydrogens (primary N) is 1. The van der Waals surface area contributed by atoms with Gasteiger partial charge >= 0.3 is 0 Å². The fourth-order valence-electron chi connectivity index (χ4n) is 4.16. The van der Waals surface area contributed by atoms with Crippen molar-refractivity contribution in [2.75, 3.05) is 32.8 Å². The molecule has 2 amide bonds. The van der Waals surface area contributed by atoms with Crippen LogP contribution in [0, 0.1) is 11.8 Å². The quantitative estimate of drug-likeness (QED) is 0.855. The zero-order chi connectivity index (χ0) is 19.2. The molecule has 1 aromatic carbocycles. The molecular formula is C21H31N3O3. The standard InChI is InChI=1S/C21H31N3O3/c1-16-9-11-24(18(12-16)13-22)21(26)17-6-5-10-23(14-17)20(25)15-27-19-7-3-2-4-8-19/h2-4,7-8,16-18H,5-6,9-15,22H2,1H3. The summed E-state index contributed by atoms with van der Waals surface area (Å²) in [6, 6.07) is 9.46. The fraction of sp³-hybridized carbons (Fsp3) is 0.619. The van der Waals surface area contributed by atoms with Gasteiger partial charge in [0.25, 0.3) is 5.91 Å². The highest BCUT2D eigenvalue weighted by Gasteiger charge is 2.35. The summed E-state index contributed by atoms with van der Waals surface area (Å²) < 4.78 is 5.58. The molecule has 148 valence electrons. The lowest BCUT2D eigenvalue weighted by Gasteiger charge is -2.41. The van der Waals surface area contributed by atoms with Gasteiger partial charge in [0.15, 0.2) is 6.61 Å². The summed E-state index contributed by atoms with van der Waals surface area (Å²) in [7, 11) is 0. The summed E-state index contributed by atoms with van der Waals surface area (Å²) in [5, 5.41) is 0. The Labute approximate surface area is 161 Å². The second-order valence-corrected chi connectivity index (χ2v) is 7.83. The van der Waals surface area contributed by atoms with Crippen LogP contribution in [0.25, 0.3) is 0 Å². The van der Waals surface area contributed by atoms with Crippen LogP contribution in [0.1, 0.15) is 32.6 Å². The summed E-state index contributed by atoms with van der Waals surface area (Å²) in [6.45, 7) is 4.70. The van der Waals surface area contributed by atoms with Gasteiger partial charge in [-0.3, -0.25) is 9.59 Å². The molecule has 0 saturated carbocycles. The molecule has 0 radical (unpaired) electrons. The summed E-state index contributed by atoms with van der Waals surface area (Å²) in [5.41, 5.74) is 5.92. The average molecular weight is 373 g/mol. The molecule has 27 heavy (non-hydrogen) atoms. The second kappa shape index (κ2) is 9.22. The van der Waals surface area contributed by atoms with Crippen molar-refractivity contribution in [2.24, 2.45) is 17.6 Å². The van der Waals surface area contributed by atoms with Crippen LogP contribution in [0.4, 0.5) is 0 Å².